The van der Waals surface area contributed by atoms with Gasteiger partial charge in [0.25, 0.3) is 0 Å². The lowest BCUT2D eigenvalue weighted by Gasteiger charge is -2.32. The number of para-hydroxylation sites is 1. The molecule has 3 aromatic rings. The van der Waals surface area contributed by atoms with Crippen molar-refractivity contribution in [1.29, 1.82) is 0 Å². The van der Waals surface area contributed by atoms with Crippen LogP contribution in [0, 0.1) is 5.92 Å². The van der Waals surface area contributed by atoms with Crippen LogP contribution in [-0.2, 0) is 17.8 Å². The Balaban J connectivity index is 1.45. The van der Waals surface area contributed by atoms with Gasteiger partial charge < -0.3 is 14.4 Å². The Bertz CT molecular complexity index is 941. The summed E-state index contributed by atoms with van der Waals surface area (Å²) in [6.45, 7) is 5.74. The highest BCUT2D eigenvalue weighted by atomic mass is 35.5. The zero-order valence-corrected chi connectivity index (χ0v) is 18.4. The van der Waals surface area contributed by atoms with E-state index in [-0.39, 0.29) is 24.4 Å². The molecule has 156 valence electrons. The number of nitrogens with zero attached hydrogens (tertiary/aromatic N) is 3. The number of thiazole rings is 1. The molecule has 0 bridgehead atoms. The molecule has 2 aromatic heterocycles. The molecule has 0 aliphatic carbocycles. The molecule has 3 heterocycles. The van der Waals surface area contributed by atoms with Crippen molar-refractivity contribution in [1.82, 2.24) is 14.5 Å². The molecule has 1 aliphatic heterocycles. The summed E-state index contributed by atoms with van der Waals surface area (Å²) in [5.41, 5.74) is 1.94. The highest BCUT2D eigenvalue weighted by Gasteiger charge is 2.31. The molecular formula is C22H28ClN3O2S. The number of rotatable bonds is 7. The molecular weight excluding hydrogens is 406 g/mol. The van der Waals surface area contributed by atoms with Crippen LogP contribution in [0.15, 0.2) is 41.9 Å². The van der Waals surface area contributed by atoms with Crippen molar-refractivity contribution in [2.75, 3.05) is 6.73 Å². The Morgan fingerprint density at radius 1 is 1.31 bits per heavy atom. The quantitative estimate of drug-likeness (QED) is 0.421. The molecule has 3 atom stereocenters. The van der Waals surface area contributed by atoms with Gasteiger partial charge in [0.15, 0.2) is 0 Å². The summed E-state index contributed by atoms with van der Waals surface area (Å²) in [6, 6.07) is 10.9. The Hall–Kier alpha value is -1.44. The molecule has 0 saturated carbocycles. The van der Waals surface area contributed by atoms with E-state index in [0.29, 0.717) is 12.5 Å². The number of halogens is 1. The highest BCUT2D eigenvalue weighted by molar-refractivity contribution is 7.09. The van der Waals surface area contributed by atoms with Crippen LogP contribution in [0.5, 0.6) is 0 Å². The lowest BCUT2D eigenvalue weighted by Crippen LogP contribution is -2.31. The Labute approximate surface area is 180 Å². The number of hydrogen-bond donors (Lipinski definition) is 1. The van der Waals surface area contributed by atoms with E-state index in [2.05, 4.69) is 60.3 Å². The summed E-state index contributed by atoms with van der Waals surface area (Å²) in [7, 11) is 0. The van der Waals surface area contributed by atoms with Gasteiger partial charge in [-0.15, -0.1) is 11.3 Å². The average Bonchev–Trinajstić information content (AvgIpc) is 3.33. The fourth-order valence-electron chi connectivity index (χ4n) is 3.98. The molecule has 0 amide bonds. The largest absolute Gasteiger partial charge is 0.381 e. The maximum atomic E-state index is 9.54. The third-order valence-electron chi connectivity index (χ3n) is 5.64. The molecule has 1 saturated heterocycles. The lowest BCUT2D eigenvalue weighted by molar-refractivity contribution is -0.0365. The van der Waals surface area contributed by atoms with Crippen molar-refractivity contribution in [3.63, 3.8) is 0 Å². The fraction of sp³-hybridized carbons (Fsp3) is 0.500. The summed E-state index contributed by atoms with van der Waals surface area (Å²) in [6.07, 6.45) is 3.85. The highest BCUT2D eigenvalue weighted by Crippen LogP contribution is 2.38. The van der Waals surface area contributed by atoms with E-state index in [1.54, 1.807) is 11.3 Å². The van der Waals surface area contributed by atoms with Gasteiger partial charge in [0.2, 0.25) is 0 Å². The van der Waals surface area contributed by atoms with Crippen molar-refractivity contribution in [2.45, 2.75) is 57.5 Å². The molecule has 0 spiro atoms. The Morgan fingerprint density at radius 2 is 2.14 bits per heavy atom. The van der Waals surface area contributed by atoms with Gasteiger partial charge in [-0.1, -0.05) is 29.8 Å². The van der Waals surface area contributed by atoms with Gasteiger partial charge in [0.05, 0.1) is 12.4 Å². The van der Waals surface area contributed by atoms with E-state index in [1.165, 1.54) is 10.9 Å². The predicted molar refractivity (Wildman–Crippen MR) is 118 cm³/mol. The third kappa shape index (κ3) is 4.84. The maximum Gasteiger partial charge on any atom is 0.132 e. The van der Waals surface area contributed by atoms with Crippen LogP contribution in [0.1, 0.15) is 43.5 Å². The zero-order valence-electron chi connectivity index (χ0n) is 16.9. The van der Waals surface area contributed by atoms with Crippen LogP contribution in [0.4, 0.5) is 0 Å². The van der Waals surface area contributed by atoms with Gasteiger partial charge in [-0.05, 0) is 50.1 Å². The van der Waals surface area contributed by atoms with Gasteiger partial charge in [-0.25, -0.2) is 4.98 Å². The number of aromatic nitrogens is 2. The molecule has 29 heavy (non-hydrogen) atoms. The van der Waals surface area contributed by atoms with Crippen molar-refractivity contribution in [3.05, 3.63) is 52.6 Å². The van der Waals surface area contributed by atoms with E-state index < -0.39 is 0 Å². The second kappa shape index (κ2) is 9.14. The Morgan fingerprint density at radius 3 is 2.93 bits per heavy atom. The summed E-state index contributed by atoms with van der Waals surface area (Å²) in [5, 5.41) is 13.8. The summed E-state index contributed by atoms with van der Waals surface area (Å²) in [5.74, 6) is 0.434. The van der Waals surface area contributed by atoms with Gasteiger partial charge >= 0.3 is 0 Å². The molecule has 1 aliphatic rings. The minimum absolute atomic E-state index is 0.0289. The normalized spacial score (nSPS) is 22.8. The number of aliphatic hydroxyl groups excluding tert-OH is 1. The predicted octanol–water partition coefficient (Wildman–Crippen LogP) is 4.99. The fourth-order valence-corrected chi connectivity index (χ4v) is 5.22. The number of fused-ring (bicyclic) bond motifs is 1. The molecule has 1 aromatic carbocycles. The smallest absolute Gasteiger partial charge is 0.132 e. The molecule has 5 nitrogen and oxygen atoms in total. The number of hydrogen-bond acceptors (Lipinski definition) is 5. The van der Waals surface area contributed by atoms with Crippen LogP contribution in [0.3, 0.4) is 0 Å². The van der Waals surface area contributed by atoms with Gasteiger partial charge in [-0.2, -0.15) is 0 Å². The van der Waals surface area contributed by atoms with Crippen LogP contribution < -0.4 is 0 Å². The van der Waals surface area contributed by atoms with E-state index in [4.69, 9.17) is 21.3 Å². The van der Waals surface area contributed by atoms with Crippen molar-refractivity contribution >= 4 is 33.8 Å². The first-order valence-corrected chi connectivity index (χ1v) is 11.5. The number of aliphatic hydroxyl groups is 1. The molecule has 0 radical (unpaired) electrons. The second-order valence-electron chi connectivity index (χ2n) is 8.06. The zero-order chi connectivity index (χ0) is 20.4. The first-order valence-electron chi connectivity index (χ1n) is 10.2. The molecule has 4 rings (SSSR count). The number of benzene rings is 1. The first-order chi connectivity index (χ1) is 14.0. The monoisotopic (exact) mass is 433 g/mol. The van der Waals surface area contributed by atoms with E-state index in [1.807, 2.05) is 4.90 Å². The van der Waals surface area contributed by atoms with Crippen molar-refractivity contribution in [2.24, 2.45) is 5.92 Å². The minimum Gasteiger partial charge on any atom is -0.381 e. The maximum absolute atomic E-state index is 9.54. The average molecular weight is 434 g/mol. The molecule has 1 N–H and O–H groups in total. The Kier molecular flexibility index (Phi) is 6.56. The van der Waals surface area contributed by atoms with Crippen LogP contribution >= 0.6 is 22.9 Å². The van der Waals surface area contributed by atoms with Gasteiger partial charge in [0.1, 0.15) is 16.7 Å². The molecule has 1 fully saturated rings. The van der Waals surface area contributed by atoms with Crippen LogP contribution in [0.25, 0.3) is 10.9 Å². The SMILES string of the molecule is CC(C)N(CO)Cc1csc(C2CC(Cn3ccc4ccccc43)CC(Cl)O2)n1. The number of alkyl halides is 1. The molecule has 3 unspecified atom stereocenters. The molecule has 7 heteroatoms. The first kappa shape index (κ1) is 20.8. The van der Waals surface area contributed by atoms with E-state index >= 15 is 0 Å². The van der Waals surface area contributed by atoms with Gasteiger partial charge in [-0.3, -0.25) is 4.90 Å². The van der Waals surface area contributed by atoms with Crippen LogP contribution in [0.2, 0.25) is 0 Å². The number of ether oxygens (including phenoxy) is 1. The topological polar surface area (TPSA) is 50.5 Å². The summed E-state index contributed by atoms with van der Waals surface area (Å²) >= 11 is 8.10. The van der Waals surface area contributed by atoms with E-state index in [9.17, 15) is 5.11 Å². The minimum atomic E-state index is -0.294. The standard InChI is InChI=1S/C22H28ClN3O2S/c1-15(2)26(14-27)12-18-13-29-22(24-18)20-9-16(10-21(23)28-20)11-25-8-7-17-5-3-4-6-19(17)25/h3-8,13,15-16,20-21,27H,9-12,14H2,1-2H3. The lowest BCUT2D eigenvalue weighted by atomic mass is 9.95. The van der Waals surface area contributed by atoms with Crippen molar-refractivity contribution in [3.8, 4) is 0 Å². The van der Waals surface area contributed by atoms with Crippen LogP contribution in [-0.4, -0.2) is 37.9 Å². The second-order valence-corrected chi connectivity index (χ2v) is 9.43. The summed E-state index contributed by atoms with van der Waals surface area (Å²) in [4.78, 5) is 6.77. The summed E-state index contributed by atoms with van der Waals surface area (Å²) < 4.78 is 8.36. The van der Waals surface area contributed by atoms with E-state index in [0.717, 1.165) is 30.1 Å². The van der Waals surface area contributed by atoms with Crippen molar-refractivity contribution < 1.29 is 9.84 Å². The van der Waals surface area contributed by atoms with Gasteiger partial charge in [0, 0.05) is 36.2 Å². The third-order valence-corrected chi connectivity index (χ3v) is 6.90.